The van der Waals surface area contributed by atoms with Crippen molar-refractivity contribution < 1.29 is 23.6 Å². The van der Waals surface area contributed by atoms with Crippen LogP contribution in [0.4, 0.5) is 10.1 Å². The van der Waals surface area contributed by atoms with Crippen LogP contribution in [0.1, 0.15) is 27.6 Å². The fourth-order valence-electron chi connectivity index (χ4n) is 3.20. The van der Waals surface area contributed by atoms with Crippen LogP contribution in [0.2, 0.25) is 5.02 Å². The standard InChI is InChI=1S/C20H19ClFN3O5/c1-2-30-18-6-3-13(11-17(18)25(28)29)19(26)23-7-9-24(10-8-23)20(27)15-5-4-14(22)12-16(15)21/h3-6,11-12H,2,7-10H2,1H3. The summed E-state index contributed by atoms with van der Waals surface area (Å²) in [6, 6.07) is 7.66. The highest BCUT2D eigenvalue weighted by molar-refractivity contribution is 6.33. The van der Waals surface area contributed by atoms with Crippen LogP contribution < -0.4 is 4.74 Å². The number of nitro groups is 1. The van der Waals surface area contributed by atoms with Gasteiger partial charge >= 0.3 is 5.69 Å². The van der Waals surface area contributed by atoms with Crippen LogP contribution in [0.15, 0.2) is 36.4 Å². The van der Waals surface area contributed by atoms with E-state index in [1.807, 2.05) is 0 Å². The van der Waals surface area contributed by atoms with Gasteiger partial charge in [0.25, 0.3) is 11.8 Å². The van der Waals surface area contributed by atoms with E-state index in [-0.39, 0.29) is 72.2 Å². The van der Waals surface area contributed by atoms with Crippen LogP contribution in [0.25, 0.3) is 0 Å². The van der Waals surface area contributed by atoms with Gasteiger partial charge < -0.3 is 14.5 Å². The lowest BCUT2D eigenvalue weighted by Gasteiger charge is -2.35. The predicted molar refractivity (Wildman–Crippen MR) is 107 cm³/mol. The largest absolute Gasteiger partial charge is 0.487 e. The summed E-state index contributed by atoms with van der Waals surface area (Å²) in [5.41, 5.74) is 0.0916. The number of carbonyl (C=O) groups excluding carboxylic acids is 2. The second-order valence-electron chi connectivity index (χ2n) is 6.58. The van der Waals surface area contributed by atoms with E-state index in [1.54, 1.807) is 6.92 Å². The minimum atomic E-state index is -0.592. The number of benzene rings is 2. The summed E-state index contributed by atoms with van der Waals surface area (Å²) in [7, 11) is 0. The van der Waals surface area contributed by atoms with Crippen molar-refractivity contribution in [2.24, 2.45) is 0 Å². The smallest absolute Gasteiger partial charge is 0.311 e. The van der Waals surface area contributed by atoms with Crippen molar-refractivity contribution in [3.63, 3.8) is 0 Å². The molecular formula is C20H19ClFN3O5. The van der Waals surface area contributed by atoms with Gasteiger partial charge in [0.15, 0.2) is 5.75 Å². The van der Waals surface area contributed by atoms with E-state index in [4.69, 9.17) is 16.3 Å². The number of amides is 2. The first-order valence-electron chi connectivity index (χ1n) is 9.26. The summed E-state index contributed by atoms with van der Waals surface area (Å²) >= 11 is 5.96. The number of hydrogen-bond donors (Lipinski definition) is 0. The van der Waals surface area contributed by atoms with E-state index in [0.717, 1.165) is 12.1 Å². The van der Waals surface area contributed by atoms with Gasteiger partial charge in [0.2, 0.25) is 0 Å². The molecule has 1 fully saturated rings. The maximum atomic E-state index is 13.2. The molecule has 158 valence electrons. The Morgan fingerprint density at radius 3 is 2.30 bits per heavy atom. The molecule has 2 aromatic rings. The topological polar surface area (TPSA) is 93.0 Å². The van der Waals surface area contributed by atoms with Gasteiger partial charge in [-0.1, -0.05) is 11.6 Å². The van der Waals surface area contributed by atoms with Crippen molar-refractivity contribution in [1.82, 2.24) is 9.80 Å². The maximum absolute atomic E-state index is 13.2. The summed E-state index contributed by atoms with van der Waals surface area (Å²) in [5, 5.41) is 11.3. The zero-order chi connectivity index (χ0) is 21.8. The minimum absolute atomic E-state index is 0.0280. The van der Waals surface area contributed by atoms with E-state index in [1.165, 1.54) is 34.1 Å². The average molecular weight is 436 g/mol. The molecule has 1 aliphatic rings. The summed E-state index contributed by atoms with van der Waals surface area (Å²) in [4.78, 5) is 39.1. The first-order valence-corrected chi connectivity index (χ1v) is 9.64. The van der Waals surface area contributed by atoms with Gasteiger partial charge in [-0.2, -0.15) is 0 Å². The molecule has 10 heteroatoms. The van der Waals surface area contributed by atoms with E-state index in [9.17, 15) is 24.1 Å². The van der Waals surface area contributed by atoms with E-state index in [2.05, 4.69) is 0 Å². The zero-order valence-electron chi connectivity index (χ0n) is 16.1. The van der Waals surface area contributed by atoms with E-state index in [0.29, 0.717) is 0 Å². The summed E-state index contributed by atoms with van der Waals surface area (Å²) in [6.07, 6.45) is 0. The van der Waals surface area contributed by atoms with Gasteiger partial charge in [-0.25, -0.2) is 4.39 Å². The van der Waals surface area contributed by atoms with E-state index >= 15 is 0 Å². The van der Waals surface area contributed by atoms with Crippen LogP contribution in [-0.2, 0) is 0 Å². The van der Waals surface area contributed by atoms with Gasteiger partial charge in [0, 0.05) is 37.8 Å². The Morgan fingerprint density at radius 1 is 1.10 bits per heavy atom. The normalized spacial score (nSPS) is 13.8. The number of nitro benzene ring substituents is 1. The monoisotopic (exact) mass is 435 g/mol. The lowest BCUT2D eigenvalue weighted by atomic mass is 10.1. The number of halogens is 2. The SMILES string of the molecule is CCOc1ccc(C(=O)N2CCN(C(=O)c3ccc(F)cc3Cl)CC2)cc1[N+](=O)[O-]. The van der Waals surface area contributed by atoms with Crippen molar-refractivity contribution in [2.45, 2.75) is 6.92 Å². The molecule has 0 saturated carbocycles. The van der Waals surface area contributed by atoms with Gasteiger partial charge in [-0.3, -0.25) is 19.7 Å². The highest BCUT2D eigenvalue weighted by Gasteiger charge is 2.28. The molecular weight excluding hydrogens is 417 g/mol. The Morgan fingerprint density at radius 2 is 1.73 bits per heavy atom. The third kappa shape index (κ3) is 4.51. The number of ether oxygens (including phenoxy) is 1. The van der Waals surface area contributed by atoms with Crippen molar-refractivity contribution in [1.29, 1.82) is 0 Å². The number of carbonyl (C=O) groups is 2. The number of piperazine rings is 1. The maximum Gasteiger partial charge on any atom is 0.311 e. The van der Waals surface area contributed by atoms with Crippen LogP contribution in [0, 0.1) is 15.9 Å². The van der Waals surface area contributed by atoms with Gasteiger partial charge in [0.1, 0.15) is 5.82 Å². The van der Waals surface area contributed by atoms with Gasteiger partial charge in [-0.15, -0.1) is 0 Å². The molecule has 0 unspecified atom stereocenters. The Kier molecular flexibility index (Phi) is 6.51. The summed E-state index contributed by atoms with van der Waals surface area (Å²) in [6.45, 7) is 3.01. The van der Waals surface area contributed by atoms with Gasteiger partial charge in [0.05, 0.1) is 22.1 Å². The van der Waals surface area contributed by atoms with Crippen LogP contribution >= 0.6 is 11.6 Å². The Balaban J connectivity index is 1.69. The fraction of sp³-hybridized carbons (Fsp3) is 0.300. The molecule has 0 aliphatic carbocycles. The molecule has 2 amide bonds. The molecule has 0 spiro atoms. The molecule has 0 aromatic heterocycles. The molecule has 1 aliphatic heterocycles. The molecule has 0 atom stereocenters. The first-order chi connectivity index (χ1) is 14.3. The van der Waals surface area contributed by atoms with Crippen molar-refractivity contribution in [3.8, 4) is 5.75 Å². The Bertz CT molecular complexity index is 992. The number of nitrogens with zero attached hydrogens (tertiary/aromatic N) is 3. The average Bonchev–Trinajstić information content (AvgIpc) is 2.73. The predicted octanol–water partition coefficient (Wildman–Crippen LogP) is 3.38. The lowest BCUT2D eigenvalue weighted by molar-refractivity contribution is -0.385. The van der Waals surface area contributed by atoms with Crippen molar-refractivity contribution >= 4 is 29.1 Å². The third-order valence-corrected chi connectivity index (χ3v) is 5.03. The molecule has 0 radical (unpaired) electrons. The first kappa shape index (κ1) is 21.5. The molecule has 2 aromatic carbocycles. The molecule has 1 heterocycles. The molecule has 3 rings (SSSR count). The zero-order valence-corrected chi connectivity index (χ0v) is 16.9. The molecule has 0 N–H and O–H groups in total. The second-order valence-corrected chi connectivity index (χ2v) is 6.99. The quantitative estimate of drug-likeness (QED) is 0.530. The third-order valence-electron chi connectivity index (χ3n) is 4.72. The summed E-state index contributed by atoms with van der Waals surface area (Å²) in [5.74, 6) is -1.14. The van der Waals surface area contributed by atoms with Crippen molar-refractivity contribution in [2.75, 3.05) is 32.8 Å². The summed E-state index contributed by atoms with van der Waals surface area (Å²) < 4.78 is 18.4. The highest BCUT2D eigenvalue weighted by Crippen LogP contribution is 2.29. The van der Waals surface area contributed by atoms with Gasteiger partial charge in [-0.05, 0) is 37.3 Å². The Hall–Kier alpha value is -3.20. The molecule has 1 saturated heterocycles. The number of hydrogen-bond acceptors (Lipinski definition) is 5. The molecule has 0 bridgehead atoms. The van der Waals surface area contributed by atoms with Crippen LogP contribution in [-0.4, -0.2) is 59.3 Å². The second kappa shape index (κ2) is 9.08. The molecule has 30 heavy (non-hydrogen) atoms. The lowest BCUT2D eigenvalue weighted by Crippen LogP contribution is -2.50. The van der Waals surface area contributed by atoms with Crippen LogP contribution in [0.3, 0.4) is 0 Å². The number of rotatable bonds is 5. The van der Waals surface area contributed by atoms with Crippen molar-refractivity contribution in [3.05, 3.63) is 68.5 Å². The minimum Gasteiger partial charge on any atom is -0.487 e. The fourth-order valence-corrected chi connectivity index (χ4v) is 3.45. The van der Waals surface area contributed by atoms with Crippen LogP contribution in [0.5, 0.6) is 5.75 Å². The highest BCUT2D eigenvalue weighted by atomic mass is 35.5. The van der Waals surface area contributed by atoms with E-state index < -0.39 is 10.7 Å². The molecule has 8 nitrogen and oxygen atoms in total. The Labute approximate surface area is 176 Å².